The second-order valence-corrected chi connectivity index (χ2v) is 5.54. The molecule has 1 aromatic rings. The van der Waals surface area contributed by atoms with Gasteiger partial charge in [-0.2, -0.15) is 0 Å². The molecule has 1 aliphatic rings. The molecule has 1 amide bonds. The Hall–Kier alpha value is -0.650. The van der Waals surface area contributed by atoms with E-state index in [9.17, 15) is 4.79 Å². The Bertz CT molecular complexity index is 437. The number of carbonyl (C=O) groups is 1. The third kappa shape index (κ3) is 3.66. The van der Waals surface area contributed by atoms with Crippen LogP contribution in [0, 0.1) is 5.92 Å². The molecule has 1 unspecified atom stereocenters. The number of nitrogens with two attached hydrogens (primary N) is 1. The third-order valence-electron chi connectivity index (χ3n) is 2.68. The van der Waals surface area contributed by atoms with Crippen LogP contribution in [0.4, 0.5) is 5.69 Å². The predicted octanol–water partition coefficient (Wildman–Crippen LogP) is 2.56. The summed E-state index contributed by atoms with van der Waals surface area (Å²) in [6, 6.07) is 1.23. The summed E-state index contributed by atoms with van der Waals surface area (Å²) in [5, 5.41) is 2.96. The molecule has 1 heterocycles. The number of hydrogen-bond acceptors (Lipinski definition) is 3. The summed E-state index contributed by atoms with van der Waals surface area (Å²) in [6.45, 7) is 0. The van der Waals surface area contributed by atoms with Gasteiger partial charge < -0.3 is 11.1 Å². The van der Waals surface area contributed by atoms with Crippen molar-refractivity contribution < 1.29 is 4.79 Å². The van der Waals surface area contributed by atoms with E-state index in [2.05, 4.69) is 26.2 Å². The molecule has 1 aromatic heterocycles. The first-order valence-electron chi connectivity index (χ1n) is 5.43. The number of rotatable bonds is 4. The molecular formula is C11H13BrClN3O. The van der Waals surface area contributed by atoms with Crippen LogP contribution in [-0.2, 0) is 4.79 Å². The van der Waals surface area contributed by atoms with Crippen molar-refractivity contribution >= 4 is 39.1 Å². The van der Waals surface area contributed by atoms with Crippen molar-refractivity contribution in [1.29, 1.82) is 0 Å². The Morgan fingerprint density at radius 1 is 1.71 bits per heavy atom. The van der Waals surface area contributed by atoms with Crippen molar-refractivity contribution in [2.24, 2.45) is 11.7 Å². The molecule has 4 nitrogen and oxygen atoms in total. The van der Waals surface area contributed by atoms with Crippen LogP contribution in [0.1, 0.15) is 19.3 Å². The molecule has 1 aliphatic carbocycles. The first kappa shape index (κ1) is 12.8. The van der Waals surface area contributed by atoms with E-state index in [0.29, 0.717) is 11.6 Å². The van der Waals surface area contributed by atoms with Crippen LogP contribution >= 0.6 is 27.5 Å². The summed E-state index contributed by atoms with van der Waals surface area (Å²) in [5.74, 6) is 0.408. The molecule has 92 valence electrons. The zero-order valence-corrected chi connectivity index (χ0v) is 11.5. The zero-order valence-electron chi connectivity index (χ0n) is 9.12. The van der Waals surface area contributed by atoms with Gasteiger partial charge in [0.25, 0.3) is 0 Å². The Labute approximate surface area is 113 Å². The van der Waals surface area contributed by atoms with Crippen molar-refractivity contribution in [3.05, 3.63) is 21.9 Å². The van der Waals surface area contributed by atoms with E-state index in [1.165, 1.54) is 12.8 Å². The second-order valence-electron chi connectivity index (χ2n) is 4.27. The lowest BCUT2D eigenvalue weighted by atomic mass is 10.1. The second kappa shape index (κ2) is 5.33. The van der Waals surface area contributed by atoms with Gasteiger partial charge in [-0.15, -0.1) is 0 Å². The van der Waals surface area contributed by atoms with Crippen LogP contribution in [0.25, 0.3) is 0 Å². The fraction of sp³-hybridized carbons (Fsp3) is 0.455. The molecule has 0 bridgehead atoms. The molecule has 0 radical (unpaired) electrons. The number of amides is 1. The molecular weight excluding hydrogens is 305 g/mol. The molecule has 17 heavy (non-hydrogen) atoms. The molecule has 0 saturated heterocycles. The maximum absolute atomic E-state index is 11.8. The fourth-order valence-corrected chi connectivity index (χ4v) is 2.04. The summed E-state index contributed by atoms with van der Waals surface area (Å²) < 4.78 is 0.757. The van der Waals surface area contributed by atoms with Crippen LogP contribution in [0.5, 0.6) is 0 Å². The number of anilines is 1. The average Bonchev–Trinajstić information content (AvgIpc) is 3.07. The summed E-state index contributed by atoms with van der Waals surface area (Å²) in [5.41, 5.74) is 6.29. The Morgan fingerprint density at radius 2 is 2.41 bits per heavy atom. The van der Waals surface area contributed by atoms with Gasteiger partial charge in [0.15, 0.2) is 5.15 Å². The molecule has 0 spiro atoms. The van der Waals surface area contributed by atoms with Gasteiger partial charge in [-0.05, 0) is 34.3 Å². The number of nitrogens with one attached hydrogen (secondary N) is 1. The van der Waals surface area contributed by atoms with E-state index in [-0.39, 0.29) is 11.1 Å². The van der Waals surface area contributed by atoms with Crippen LogP contribution in [0.15, 0.2) is 16.7 Å². The highest BCUT2D eigenvalue weighted by Gasteiger charge is 2.27. The SMILES string of the molecule is NC(CC1CC1)C(=O)Nc1cc(Br)cnc1Cl. The average molecular weight is 319 g/mol. The minimum atomic E-state index is -0.474. The number of aromatic nitrogens is 1. The normalized spacial score (nSPS) is 16.6. The number of nitrogens with zero attached hydrogens (tertiary/aromatic N) is 1. The first-order chi connectivity index (χ1) is 8.06. The van der Waals surface area contributed by atoms with Gasteiger partial charge in [0, 0.05) is 10.7 Å². The minimum absolute atomic E-state index is 0.210. The van der Waals surface area contributed by atoms with Crippen molar-refractivity contribution in [3.63, 3.8) is 0 Å². The first-order valence-corrected chi connectivity index (χ1v) is 6.61. The highest BCUT2D eigenvalue weighted by atomic mass is 79.9. The topological polar surface area (TPSA) is 68.0 Å². The van der Waals surface area contributed by atoms with E-state index in [4.69, 9.17) is 17.3 Å². The molecule has 1 atom stereocenters. The van der Waals surface area contributed by atoms with E-state index in [1.807, 2.05) is 0 Å². The monoisotopic (exact) mass is 317 g/mol. The lowest BCUT2D eigenvalue weighted by Crippen LogP contribution is -2.36. The lowest BCUT2D eigenvalue weighted by molar-refractivity contribution is -0.117. The van der Waals surface area contributed by atoms with Gasteiger partial charge in [-0.3, -0.25) is 4.79 Å². The van der Waals surface area contributed by atoms with Gasteiger partial charge in [0.1, 0.15) is 0 Å². The highest BCUT2D eigenvalue weighted by molar-refractivity contribution is 9.10. The van der Waals surface area contributed by atoms with Gasteiger partial charge >= 0.3 is 0 Å². The summed E-state index contributed by atoms with van der Waals surface area (Å²) >= 11 is 9.15. The number of hydrogen-bond donors (Lipinski definition) is 2. The summed E-state index contributed by atoms with van der Waals surface area (Å²) in [6.07, 6.45) is 4.67. The molecule has 3 N–H and O–H groups in total. The fourth-order valence-electron chi connectivity index (χ4n) is 1.56. The smallest absolute Gasteiger partial charge is 0.241 e. The Balaban J connectivity index is 1.98. The summed E-state index contributed by atoms with van der Waals surface area (Å²) in [4.78, 5) is 15.7. The van der Waals surface area contributed by atoms with Crippen LogP contribution in [0.3, 0.4) is 0 Å². The van der Waals surface area contributed by atoms with Gasteiger partial charge in [-0.25, -0.2) is 4.98 Å². The highest BCUT2D eigenvalue weighted by Crippen LogP contribution is 2.33. The van der Waals surface area contributed by atoms with E-state index < -0.39 is 6.04 Å². The molecule has 0 aromatic carbocycles. The predicted molar refractivity (Wildman–Crippen MR) is 70.9 cm³/mol. The zero-order chi connectivity index (χ0) is 12.4. The largest absolute Gasteiger partial charge is 0.322 e. The van der Waals surface area contributed by atoms with Crippen molar-refractivity contribution in [2.75, 3.05) is 5.32 Å². The van der Waals surface area contributed by atoms with Gasteiger partial charge in [0.05, 0.1) is 11.7 Å². The quantitative estimate of drug-likeness (QED) is 0.838. The maximum atomic E-state index is 11.8. The van der Waals surface area contributed by atoms with Crippen molar-refractivity contribution in [2.45, 2.75) is 25.3 Å². The summed E-state index contributed by atoms with van der Waals surface area (Å²) in [7, 11) is 0. The molecule has 0 aliphatic heterocycles. The van der Waals surface area contributed by atoms with Gasteiger partial charge in [-0.1, -0.05) is 24.4 Å². The van der Waals surface area contributed by atoms with Gasteiger partial charge in [0.2, 0.25) is 5.91 Å². The number of halogens is 2. The lowest BCUT2D eigenvalue weighted by Gasteiger charge is -2.12. The van der Waals surface area contributed by atoms with Crippen molar-refractivity contribution in [1.82, 2.24) is 4.98 Å². The number of pyridine rings is 1. The molecule has 1 saturated carbocycles. The molecule has 6 heteroatoms. The van der Waals surface area contributed by atoms with E-state index in [1.54, 1.807) is 12.3 Å². The van der Waals surface area contributed by atoms with Crippen molar-refractivity contribution in [3.8, 4) is 0 Å². The van der Waals surface area contributed by atoms with E-state index in [0.717, 1.165) is 10.9 Å². The van der Waals surface area contributed by atoms with Crippen LogP contribution in [-0.4, -0.2) is 16.9 Å². The molecule has 2 rings (SSSR count). The Morgan fingerprint density at radius 3 is 3.06 bits per heavy atom. The Kier molecular flexibility index (Phi) is 4.01. The minimum Gasteiger partial charge on any atom is -0.322 e. The maximum Gasteiger partial charge on any atom is 0.241 e. The van der Waals surface area contributed by atoms with Crippen LogP contribution in [0.2, 0.25) is 5.15 Å². The number of carbonyl (C=O) groups excluding carboxylic acids is 1. The third-order valence-corrected chi connectivity index (χ3v) is 3.42. The molecule has 1 fully saturated rings. The van der Waals surface area contributed by atoms with Crippen LogP contribution < -0.4 is 11.1 Å². The van der Waals surface area contributed by atoms with E-state index >= 15 is 0 Å². The standard InChI is InChI=1S/C11H13BrClN3O/c12-7-4-9(10(13)15-5-7)16-11(17)8(14)3-6-1-2-6/h4-6,8H,1-3,14H2,(H,16,17).